The van der Waals surface area contributed by atoms with Crippen LogP contribution in [0.15, 0.2) is 0 Å². The number of rotatable bonds is 2. The summed E-state index contributed by atoms with van der Waals surface area (Å²) >= 11 is 0. The maximum Gasteiger partial charge on any atom is 0.410 e. The largest absolute Gasteiger partial charge is 0.444 e. The molecule has 2 aliphatic rings. The van der Waals surface area contributed by atoms with Gasteiger partial charge in [0.15, 0.2) is 0 Å². The number of hydrogen-bond acceptors (Lipinski definition) is 4. The average molecular weight is 326 g/mol. The summed E-state index contributed by atoms with van der Waals surface area (Å²) < 4.78 is 11.1. The molecule has 0 radical (unpaired) electrons. The zero-order valence-electron chi connectivity index (χ0n) is 15.0. The van der Waals surface area contributed by atoms with Gasteiger partial charge in [-0.25, -0.2) is 4.79 Å². The maximum atomic E-state index is 12.7. The van der Waals surface area contributed by atoms with Gasteiger partial charge in [0, 0.05) is 26.2 Å². The predicted octanol–water partition coefficient (Wildman–Crippen LogP) is 2.13. The van der Waals surface area contributed by atoms with Crippen LogP contribution in [0.1, 0.15) is 41.0 Å². The molecule has 23 heavy (non-hydrogen) atoms. The Morgan fingerprint density at radius 2 is 1.83 bits per heavy atom. The number of carbonyl (C=O) groups is 2. The topological polar surface area (TPSA) is 59.1 Å². The Hall–Kier alpha value is -1.30. The van der Waals surface area contributed by atoms with Crippen molar-refractivity contribution in [2.24, 2.45) is 11.8 Å². The summed E-state index contributed by atoms with van der Waals surface area (Å²) in [5.74, 6) is 0.422. The average Bonchev–Trinajstić information content (AvgIpc) is 2.94. The Labute approximate surface area is 139 Å². The molecule has 0 aromatic carbocycles. The van der Waals surface area contributed by atoms with Crippen molar-refractivity contribution in [3.8, 4) is 0 Å². The summed E-state index contributed by atoms with van der Waals surface area (Å²) in [5.41, 5.74) is -0.506. The Kier molecular flexibility index (Phi) is 5.55. The molecule has 0 spiro atoms. The Morgan fingerprint density at radius 3 is 2.43 bits per heavy atom. The molecule has 2 heterocycles. The van der Waals surface area contributed by atoms with Crippen molar-refractivity contribution in [1.29, 1.82) is 0 Å². The van der Waals surface area contributed by atoms with E-state index in [2.05, 4.69) is 13.8 Å². The lowest BCUT2D eigenvalue weighted by molar-refractivity contribution is -0.144. The summed E-state index contributed by atoms with van der Waals surface area (Å²) in [6.45, 7) is 12.7. The van der Waals surface area contributed by atoms with Crippen LogP contribution in [0, 0.1) is 11.8 Å². The number of amides is 2. The summed E-state index contributed by atoms with van der Waals surface area (Å²) in [7, 11) is 0. The van der Waals surface area contributed by atoms with Crippen molar-refractivity contribution in [2.45, 2.75) is 52.7 Å². The second kappa shape index (κ2) is 7.07. The minimum atomic E-state index is -0.506. The van der Waals surface area contributed by atoms with Crippen molar-refractivity contribution < 1.29 is 19.1 Å². The smallest absolute Gasteiger partial charge is 0.410 e. The summed E-state index contributed by atoms with van der Waals surface area (Å²) in [6, 6.07) is 0. The standard InChI is InChI=1S/C17H30N2O4/c1-12(2)14-11-18(8-9-22-14)15(20)13-6-7-19(10-13)16(21)23-17(3,4)5/h12-14H,6-11H2,1-5H3/t13-,14-/m1/s1. The fourth-order valence-corrected chi connectivity index (χ4v) is 2.99. The van der Waals surface area contributed by atoms with Crippen LogP contribution in [0.4, 0.5) is 4.79 Å². The third-order valence-electron chi connectivity index (χ3n) is 4.34. The molecule has 2 fully saturated rings. The fourth-order valence-electron chi connectivity index (χ4n) is 2.99. The highest BCUT2D eigenvalue weighted by Gasteiger charge is 2.37. The van der Waals surface area contributed by atoms with E-state index in [0.717, 1.165) is 0 Å². The van der Waals surface area contributed by atoms with Crippen molar-refractivity contribution >= 4 is 12.0 Å². The van der Waals surface area contributed by atoms with E-state index in [1.54, 1.807) is 4.90 Å². The summed E-state index contributed by atoms with van der Waals surface area (Å²) in [4.78, 5) is 28.4. The molecule has 6 heteroatoms. The lowest BCUT2D eigenvalue weighted by Gasteiger charge is -2.36. The molecule has 0 unspecified atom stereocenters. The van der Waals surface area contributed by atoms with E-state index in [1.807, 2.05) is 25.7 Å². The minimum absolute atomic E-state index is 0.107. The van der Waals surface area contributed by atoms with Gasteiger partial charge in [-0.05, 0) is 33.1 Å². The predicted molar refractivity (Wildman–Crippen MR) is 87.1 cm³/mol. The Balaban J connectivity index is 1.88. The molecule has 132 valence electrons. The molecule has 0 aliphatic carbocycles. The van der Waals surface area contributed by atoms with Gasteiger partial charge in [-0.15, -0.1) is 0 Å². The number of carbonyl (C=O) groups excluding carboxylic acids is 2. The third-order valence-corrected chi connectivity index (χ3v) is 4.34. The van der Waals surface area contributed by atoms with Crippen LogP contribution in [0.3, 0.4) is 0 Å². The lowest BCUT2D eigenvalue weighted by atomic mass is 10.0. The van der Waals surface area contributed by atoms with E-state index in [-0.39, 0.29) is 24.0 Å². The van der Waals surface area contributed by atoms with Crippen LogP contribution in [0.25, 0.3) is 0 Å². The molecule has 6 nitrogen and oxygen atoms in total. The molecule has 0 saturated carbocycles. The number of morpholine rings is 1. The normalized spacial score (nSPS) is 25.8. The molecule has 0 aromatic heterocycles. The molecule has 2 saturated heterocycles. The van der Waals surface area contributed by atoms with E-state index in [1.165, 1.54) is 0 Å². The highest BCUT2D eigenvalue weighted by atomic mass is 16.6. The van der Waals surface area contributed by atoms with Gasteiger partial charge in [0.25, 0.3) is 0 Å². The van der Waals surface area contributed by atoms with Crippen molar-refractivity contribution in [2.75, 3.05) is 32.8 Å². The van der Waals surface area contributed by atoms with Gasteiger partial charge in [-0.1, -0.05) is 13.8 Å². The van der Waals surface area contributed by atoms with Crippen LogP contribution in [0.5, 0.6) is 0 Å². The number of likely N-dealkylation sites (tertiary alicyclic amines) is 1. The van der Waals surface area contributed by atoms with Gasteiger partial charge in [-0.3, -0.25) is 4.79 Å². The van der Waals surface area contributed by atoms with E-state index < -0.39 is 5.60 Å². The zero-order chi connectivity index (χ0) is 17.2. The minimum Gasteiger partial charge on any atom is -0.444 e. The van der Waals surface area contributed by atoms with Gasteiger partial charge in [-0.2, -0.15) is 0 Å². The number of hydrogen-bond donors (Lipinski definition) is 0. The van der Waals surface area contributed by atoms with Crippen molar-refractivity contribution in [3.63, 3.8) is 0 Å². The van der Waals surface area contributed by atoms with Crippen molar-refractivity contribution in [1.82, 2.24) is 9.80 Å². The molecule has 2 aliphatic heterocycles. The summed E-state index contributed by atoms with van der Waals surface area (Å²) in [6.07, 6.45) is 0.493. The van der Waals surface area contributed by atoms with Gasteiger partial charge >= 0.3 is 6.09 Å². The molecular formula is C17H30N2O4. The van der Waals surface area contributed by atoms with Crippen LogP contribution in [-0.2, 0) is 14.3 Å². The lowest BCUT2D eigenvalue weighted by Crippen LogP contribution is -2.49. The molecule has 0 bridgehead atoms. The number of ether oxygens (including phenoxy) is 2. The highest BCUT2D eigenvalue weighted by Crippen LogP contribution is 2.23. The first-order valence-electron chi connectivity index (χ1n) is 8.55. The highest BCUT2D eigenvalue weighted by molar-refractivity contribution is 5.81. The first-order valence-corrected chi connectivity index (χ1v) is 8.55. The SMILES string of the molecule is CC(C)[C@H]1CN(C(=O)[C@@H]2CCN(C(=O)OC(C)(C)C)C2)CCO1. The molecule has 2 rings (SSSR count). The van der Waals surface area contributed by atoms with E-state index >= 15 is 0 Å². The van der Waals surface area contributed by atoms with E-state index in [4.69, 9.17) is 9.47 Å². The fraction of sp³-hybridized carbons (Fsp3) is 0.882. The second-order valence-corrected chi connectivity index (χ2v) is 7.85. The van der Waals surface area contributed by atoms with Crippen molar-refractivity contribution in [3.05, 3.63) is 0 Å². The van der Waals surface area contributed by atoms with Gasteiger partial charge < -0.3 is 19.3 Å². The monoisotopic (exact) mass is 326 g/mol. The Morgan fingerprint density at radius 1 is 1.13 bits per heavy atom. The van der Waals surface area contributed by atoms with Crippen LogP contribution in [0.2, 0.25) is 0 Å². The molecule has 0 aromatic rings. The second-order valence-electron chi connectivity index (χ2n) is 7.85. The quantitative estimate of drug-likeness (QED) is 0.780. The first kappa shape index (κ1) is 18.0. The number of nitrogens with zero attached hydrogens (tertiary/aromatic N) is 2. The molecular weight excluding hydrogens is 296 g/mol. The third kappa shape index (κ3) is 4.83. The van der Waals surface area contributed by atoms with Crippen LogP contribution >= 0.6 is 0 Å². The van der Waals surface area contributed by atoms with Gasteiger partial charge in [0.2, 0.25) is 5.91 Å². The van der Waals surface area contributed by atoms with Crippen LogP contribution < -0.4 is 0 Å². The van der Waals surface area contributed by atoms with Gasteiger partial charge in [0.05, 0.1) is 18.6 Å². The summed E-state index contributed by atoms with van der Waals surface area (Å²) in [5, 5.41) is 0. The molecule has 2 atom stereocenters. The molecule has 2 amide bonds. The first-order chi connectivity index (χ1) is 10.7. The van der Waals surface area contributed by atoms with E-state index in [9.17, 15) is 9.59 Å². The van der Waals surface area contributed by atoms with Crippen LogP contribution in [-0.4, -0.2) is 66.3 Å². The van der Waals surface area contributed by atoms with E-state index in [0.29, 0.717) is 45.1 Å². The van der Waals surface area contributed by atoms with Gasteiger partial charge in [0.1, 0.15) is 5.60 Å². The Bertz CT molecular complexity index is 444. The maximum absolute atomic E-state index is 12.7. The molecule has 0 N–H and O–H groups in total. The zero-order valence-corrected chi connectivity index (χ0v) is 15.0.